The maximum absolute atomic E-state index is 2.68. The van der Waals surface area contributed by atoms with Crippen molar-refractivity contribution in [2.24, 2.45) is 39.9 Å². The van der Waals surface area contributed by atoms with Crippen LogP contribution in [0.3, 0.4) is 0 Å². The molecule has 0 heteroatoms. The fourth-order valence-corrected chi connectivity index (χ4v) is 5.72. The first kappa shape index (κ1) is 26.0. The Bertz CT molecular complexity index is 381. The Balaban J connectivity index is 6.33. The molecule has 0 radical (unpaired) electrons. The summed E-state index contributed by atoms with van der Waals surface area (Å²) >= 11 is 0. The molecule has 0 saturated heterocycles. The zero-order valence-electron chi connectivity index (χ0n) is 20.8. The molecular weight excluding hydrogens is 312 g/mol. The van der Waals surface area contributed by atoms with Crippen molar-refractivity contribution in [2.75, 3.05) is 0 Å². The largest absolute Gasteiger partial charge is 0.0654 e. The molecule has 0 aliphatic rings. The second-order valence-electron chi connectivity index (χ2n) is 10.7. The monoisotopic (exact) mass is 366 g/mol. The van der Waals surface area contributed by atoms with Crippen LogP contribution in [0.15, 0.2) is 0 Å². The van der Waals surface area contributed by atoms with Crippen LogP contribution in [-0.4, -0.2) is 0 Å². The molecule has 0 aromatic heterocycles. The molecule has 0 rings (SSSR count). The minimum absolute atomic E-state index is 0.356. The molecule has 0 heterocycles. The minimum atomic E-state index is 0.356. The van der Waals surface area contributed by atoms with Crippen LogP contribution < -0.4 is 0 Å². The molecule has 0 N–H and O–H groups in total. The van der Waals surface area contributed by atoms with E-state index in [0.717, 1.165) is 23.7 Å². The summed E-state index contributed by atoms with van der Waals surface area (Å²) < 4.78 is 0. The van der Waals surface area contributed by atoms with E-state index in [2.05, 4.69) is 83.1 Å². The van der Waals surface area contributed by atoms with Crippen LogP contribution in [-0.2, 0) is 0 Å². The van der Waals surface area contributed by atoms with E-state index in [1.807, 2.05) is 0 Å². The maximum Gasteiger partial charge on any atom is -0.0236 e. The molecule has 0 fully saturated rings. The molecule has 6 atom stereocenters. The number of hydrogen-bond acceptors (Lipinski definition) is 0. The fraction of sp³-hybridized carbons (Fsp3) is 1.00. The van der Waals surface area contributed by atoms with Crippen molar-refractivity contribution in [1.29, 1.82) is 0 Å². The summed E-state index contributed by atoms with van der Waals surface area (Å²) in [5.41, 5.74) is 1.17. The van der Waals surface area contributed by atoms with E-state index in [-0.39, 0.29) is 0 Å². The van der Waals surface area contributed by atoms with Crippen molar-refractivity contribution >= 4 is 0 Å². The fourth-order valence-electron chi connectivity index (χ4n) is 5.72. The lowest BCUT2D eigenvalue weighted by molar-refractivity contribution is -0.0901. The maximum atomic E-state index is 2.68. The van der Waals surface area contributed by atoms with Gasteiger partial charge in [0.2, 0.25) is 0 Å². The highest BCUT2D eigenvalue weighted by Gasteiger charge is 2.52. The zero-order chi connectivity index (χ0) is 20.8. The number of rotatable bonds is 13. The van der Waals surface area contributed by atoms with E-state index in [4.69, 9.17) is 0 Å². The van der Waals surface area contributed by atoms with Gasteiger partial charge in [-0.3, -0.25) is 0 Å². The average molecular weight is 367 g/mol. The molecule has 6 unspecified atom stereocenters. The van der Waals surface area contributed by atoms with E-state index in [0.29, 0.717) is 16.2 Å². The van der Waals surface area contributed by atoms with Crippen LogP contribution in [0, 0.1) is 39.9 Å². The molecule has 0 aromatic rings. The van der Waals surface area contributed by atoms with Gasteiger partial charge in [-0.05, 0) is 52.8 Å². The molecule has 0 aliphatic heterocycles. The quantitative estimate of drug-likeness (QED) is 0.304. The Hall–Kier alpha value is 0. The molecule has 0 aromatic carbocycles. The molecular formula is C26H54. The lowest BCUT2D eigenvalue weighted by Crippen LogP contribution is -2.50. The van der Waals surface area contributed by atoms with Crippen molar-refractivity contribution in [3.05, 3.63) is 0 Å². The molecule has 0 nitrogen and oxygen atoms in total. The third kappa shape index (κ3) is 5.29. The average Bonchev–Trinajstić information content (AvgIpc) is 2.63. The summed E-state index contributed by atoms with van der Waals surface area (Å²) in [4.78, 5) is 0. The van der Waals surface area contributed by atoms with Crippen LogP contribution in [0.4, 0.5) is 0 Å². The molecule has 0 amide bonds. The van der Waals surface area contributed by atoms with E-state index in [1.165, 1.54) is 44.9 Å². The van der Waals surface area contributed by atoms with Gasteiger partial charge in [-0.25, -0.2) is 0 Å². The normalized spacial score (nSPS) is 22.2. The number of hydrogen-bond donors (Lipinski definition) is 0. The molecule has 0 bridgehead atoms. The molecule has 0 aliphatic carbocycles. The van der Waals surface area contributed by atoms with Gasteiger partial charge < -0.3 is 0 Å². The van der Waals surface area contributed by atoms with Crippen molar-refractivity contribution in [2.45, 2.75) is 128 Å². The third-order valence-electron chi connectivity index (χ3n) is 9.45. The standard InChI is InChI=1S/C26H54/c1-13-18-23(20(6)14-2)26(12,24(9,10)21(7)15-3)19-25(11,17-5)22(8)16-4/h20-23H,13-19H2,1-12H3. The highest BCUT2D eigenvalue weighted by molar-refractivity contribution is 5.01. The summed E-state index contributed by atoms with van der Waals surface area (Å²) in [6, 6.07) is 0. The zero-order valence-corrected chi connectivity index (χ0v) is 20.8. The topological polar surface area (TPSA) is 0 Å². The van der Waals surface area contributed by atoms with Gasteiger partial charge in [-0.1, -0.05) is 115 Å². The van der Waals surface area contributed by atoms with Gasteiger partial charge in [0.05, 0.1) is 0 Å². The first-order valence-corrected chi connectivity index (χ1v) is 11.9. The van der Waals surface area contributed by atoms with Crippen molar-refractivity contribution in [3.8, 4) is 0 Å². The first-order chi connectivity index (χ1) is 11.9. The van der Waals surface area contributed by atoms with Gasteiger partial charge >= 0.3 is 0 Å². The molecule has 26 heavy (non-hydrogen) atoms. The minimum Gasteiger partial charge on any atom is -0.0654 e. The van der Waals surface area contributed by atoms with Gasteiger partial charge in [0.25, 0.3) is 0 Å². The first-order valence-electron chi connectivity index (χ1n) is 11.9. The summed E-state index contributed by atoms with van der Waals surface area (Å²) in [5, 5.41) is 0. The Morgan fingerprint density at radius 1 is 0.692 bits per heavy atom. The van der Waals surface area contributed by atoms with Crippen LogP contribution >= 0.6 is 0 Å². The van der Waals surface area contributed by atoms with Gasteiger partial charge in [0.1, 0.15) is 0 Å². The van der Waals surface area contributed by atoms with E-state index >= 15 is 0 Å². The second kappa shape index (κ2) is 10.5. The van der Waals surface area contributed by atoms with Gasteiger partial charge in [0, 0.05) is 0 Å². The second-order valence-corrected chi connectivity index (χ2v) is 10.7. The Morgan fingerprint density at radius 3 is 1.54 bits per heavy atom. The van der Waals surface area contributed by atoms with Crippen LogP contribution in [0.1, 0.15) is 128 Å². The van der Waals surface area contributed by atoms with Crippen molar-refractivity contribution in [3.63, 3.8) is 0 Å². The van der Waals surface area contributed by atoms with Crippen LogP contribution in [0.2, 0.25) is 0 Å². The van der Waals surface area contributed by atoms with Crippen LogP contribution in [0.25, 0.3) is 0 Å². The predicted molar refractivity (Wildman–Crippen MR) is 122 cm³/mol. The van der Waals surface area contributed by atoms with Gasteiger partial charge in [-0.2, -0.15) is 0 Å². The lowest BCUT2D eigenvalue weighted by atomic mass is 9.47. The van der Waals surface area contributed by atoms with E-state index in [1.54, 1.807) is 0 Å². The summed E-state index contributed by atoms with van der Waals surface area (Å²) in [7, 11) is 0. The molecule has 158 valence electrons. The highest BCUT2D eigenvalue weighted by Crippen LogP contribution is 2.60. The van der Waals surface area contributed by atoms with E-state index < -0.39 is 0 Å². The van der Waals surface area contributed by atoms with Crippen molar-refractivity contribution in [1.82, 2.24) is 0 Å². The van der Waals surface area contributed by atoms with Gasteiger partial charge in [-0.15, -0.1) is 0 Å². The Kier molecular flexibility index (Phi) is 10.5. The summed E-state index contributed by atoms with van der Waals surface area (Å²) in [5.74, 6) is 3.17. The van der Waals surface area contributed by atoms with Crippen molar-refractivity contribution < 1.29 is 0 Å². The SMILES string of the molecule is CCCC(C(C)CC)C(C)(CC(C)(CC)C(C)CC)C(C)(C)C(C)CC. The molecule has 0 spiro atoms. The lowest BCUT2D eigenvalue weighted by Gasteiger charge is -2.58. The van der Waals surface area contributed by atoms with Crippen LogP contribution in [0.5, 0.6) is 0 Å². The molecule has 0 saturated carbocycles. The van der Waals surface area contributed by atoms with Gasteiger partial charge in [0.15, 0.2) is 0 Å². The predicted octanol–water partition coefficient (Wildman–Crippen LogP) is 9.38. The van der Waals surface area contributed by atoms with E-state index in [9.17, 15) is 0 Å². The Morgan fingerprint density at radius 2 is 1.19 bits per heavy atom. The third-order valence-corrected chi connectivity index (χ3v) is 9.45. The summed E-state index contributed by atoms with van der Waals surface area (Å²) in [6.45, 7) is 30.0. The Labute approximate surface area is 168 Å². The smallest absolute Gasteiger partial charge is 0.0236 e. The summed E-state index contributed by atoms with van der Waals surface area (Å²) in [6.07, 6.45) is 9.26. The highest BCUT2D eigenvalue weighted by atomic mass is 14.6.